The van der Waals surface area contributed by atoms with Crippen molar-refractivity contribution in [2.45, 2.75) is 12.8 Å². The minimum absolute atomic E-state index is 0.375. The van der Waals surface area contributed by atoms with Crippen LogP contribution in [-0.4, -0.2) is 60.8 Å². The topological polar surface area (TPSA) is 26.7 Å². The van der Waals surface area contributed by atoms with Gasteiger partial charge in [0.15, 0.2) is 0 Å². The molecule has 13 heavy (non-hydrogen) atoms. The SMILES string of the molecule is OCC1CN(CCN2CCCC2)C1. The van der Waals surface area contributed by atoms with Gasteiger partial charge in [0.1, 0.15) is 0 Å². The van der Waals surface area contributed by atoms with Crippen molar-refractivity contribution in [2.75, 3.05) is 45.9 Å². The van der Waals surface area contributed by atoms with Gasteiger partial charge in [0.2, 0.25) is 0 Å². The minimum atomic E-state index is 0.375. The van der Waals surface area contributed by atoms with Gasteiger partial charge in [0, 0.05) is 38.7 Å². The van der Waals surface area contributed by atoms with Gasteiger partial charge >= 0.3 is 0 Å². The summed E-state index contributed by atoms with van der Waals surface area (Å²) in [5, 5.41) is 8.85. The van der Waals surface area contributed by atoms with Crippen molar-refractivity contribution in [2.24, 2.45) is 5.92 Å². The summed E-state index contributed by atoms with van der Waals surface area (Å²) in [4.78, 5) is 4.99. The second kappa shape index (κ2) is 4.40. The molecule has 3 nitrogen and oxygen atoms in total. The van der Waals surface area contributed by atoms with Gasteiger partial charge in [0.05, 0.1) is 0 Å². The lowest BCUT2D eigenvalue weighted by molar-refractivity contribution is 0.0477. The van der Waals surface area contributed by atoms with E-state index >= 15 is 0 Å². The standard InChI is InChI=1S/C10H20N2O/c13-9-10-7-12(8-10)6-5-11-3-1-2-4-11/h10,13H,1-9H2. The molecule has 2 aliphatic rings. The zero-order valence-corrected chi connectivity index (χ0v) is 8.28. The maximum atomic E-state index is 8.85. The number of likely N-dealkylation sites (tertiary alicyclic amines) is 2. The average Bonchev–Trinajstić information content (AvgIpc) is 2.54. The van der Waals surface area contributed by atoms with Crippen LogP contribution in [0.2, 0.25) is 0 Å². The Balaban J connectivity index is 1.54. The molecule has 1 N–H and O–H groups in total. The third-order valence-electron chi connectivity index (χ3n) is 3.22. The molecule has 76 valence electrons. The Labute approximate surface area is 80.3 Å². The molecule has 0 unspecified atom stereocenters. The number of aliphatic hydroxyl groups excluding tert-OH is 1. The Morgan fingerprint density at radius 1 is 1.00 bits per heavy atom. The summed E-state index contributed by atoms with van der Waals surface area (Å²) in [6.07, 6.45) is 2.78. The number of hydrogen-bond acceptors (Lipinski definition) is 3. The number of nitrogens with zero attached hydrogens (tertiary/aromatic N) is 2. The monoisotopic (exact) mass is 184 g/mol. The van der Waals surface area contributed by atoms with E-state index < -0.39 is 0 Å². The molecule has 3 heteroatoms. The van der Waals surface area contributed by atoms with E-state index in [4.69, 9.17) is 5.11 Å². The van der Waals surface area contributed by atoms with E-state index in [0.717, 1.165) is 13.1 Å². The molecule has 0 spiro atoms. The molecule has 2 saturated heterocycles. The predicted molar refractivity (Wildman–Crippen MR) is 52.7 cm³/mol. The van der Waals surface area contributed by atoms with Crippen LogP contribution in [0.3, 0.4) is 0 Å². The molecule has 0 radical (unpaired) electrons. The molecule has 0 aromatic carbocycles. The van der Waals surface area contributed by atoms with E-state index in [9.17, 15) is 0 Å². The molecule has 2 heterocycles. The minimum Gasteiger partial charge on any atom is -0.396 e. The van der Waals surface area contributed by atoms with Gasteiger partial charge in [-0.05, 0) is 25.9 Å². The Hall–Kier alpha value is -0.120. The lowest BCUT2D eigenvalue weighted by atomic mass is 10.0. The normalized spacial score (nSPS) is 26.5. The summed E-state index contributed by atoms with van der Waals surface area (Å²) < 4.78 is 0. The molecule has 0 amide bonds. The summed E-state index contributed by atoms with van der Waals surface area (Å²) >= 11 is 0. The van der Waals surface area contributed by atoms with Crippen molar-refractivity contribution >= 4 is 0 Å². The third-order valence-corrected chi connectivity index (χ3v) is 3.22. The largest absolute Gasteiger partial charge is 0.396 e. The van der Waals surface area contributed by atoms with E-state index in [1.807, 2.05) is 0 Å². The molecule has 0 saturated carbocycles. The highest BCUT2D eigenvalue weighted by Crippen LogP contribution is 2.14. The van der Waals surface area contributed by atoms with Crippen molar-refractivity contribution in [3.05, 3.63) is 0 Å². The lowest BCUT2D eigenvalue weighted by Crippen LogP contribution is -2.50. The van der Waals surface area contributed by atoms with E-state index in [1.165, 1.54) is 39.0 Å². The zero-order chi connectivity index (χ0) is 9.10. The van der Waals surface area contributed by atoms with Gasteiger partial charge in [-0.2, -0.15) is 0 Å². The van der Waals surface area contributed by atoms with Gasteiger partial charge in [-0.3, -0.25) is 0 Å². The summed E-state index contributed by atoms with van der Waals surface area (Å²) in [6.45, 7) is 7.65. The van der Waals surface area contributed by atoms with Crippen LogP contribution in [0.1, 0.15) is 12.8 Å². The van der Waals surface area contributed by atoms with Crippen molar-refractivity contribution in [1.82, 2.24) is 9.80 Å². The van der Waals surface area contributed by atoms with Gasteiger partial charge in [-0.15, -0.1) is 0 Å². The highest BCUT2D eigenvalue weighted by atomic mass is 16.3. The Morgan fingerprint density at radius 3 is 2.23 bits per heavy atom. The summed E-state index contributed by atoms with van der Waals surface area (Å²) in [6, 6.07) is 0. The van der Waals surface area contributed by atoms with Crippen LogP contribution < -0.4 is 0 Å². The number of hydrogen-bond donors (Lipinski definition) is 1. The van der Waals surface area contributed by atoms with Crippen molar-refractivity contribution in [3.8, 4) is 0 Å². The number of rotatable bonds is 4. The molecule has 0 aromatic heterocycles. The maximum Gasteiger partial charge on any atom is 0.0483 e. The van der Waals surface area contributed by atoms with Crippen LogP contribution >= 0.6 is 0 Å². The molecule has 0 aromatic rings. The predicted octanol–water partition coefficient (Wildman–Crippen LogP) is 0.00630. The van der Waals surface area contributed by atoms with Crippen LogP contribution in [0.25, 0.3) is 0 Å². The highest BCUT2D eigenvalue weighted by Gasteiger charge is 2.25. The van der Waals surface area contributed by atoms with Gasteiger partial charge in [-0.1, -0.05) is 0 Å². The number of aliphatic hydroxyl groups is 1. The molecular formula is C10H20N2O. The lowest BCUT2D eigenvalue weighted by Gasteiger charge is -2.39. The molecule has 2 rings (SSSR count). The summed E-state index contributed by atoms with van der Waals surface area (Å²) in [5.74, 6) is 0.568. The van der Waals surface area contributed by atoms with Crippen molar-refractivity contribution in [3.63, 3.8) is 0 Å². The van der Waals surface area contributed by atoms with Crippen molar-refractivity contribution < 1.29 is 5.11 Å². The fourth-order valence-corrected chi connectivity index (χ4v) is 2.26. The van der Waals surface area contributed by atoms with Crippen molar-refractivity contribution in [1.29, 1.82) is 0 Å². The van der Waals surface area contributed by atoms with E-state index in [1.54, 1.807) is 0 Å². The average molecular weight is 184 g/mol. The maximum absolute atomic E-state index is 8.85. The van der Waals surface area contributed by atoms with Crippen LogP contribution in [0, 0.1) is 5.92 Å². The smallest absolute Gasteiger partial charge is 0.0483 e. The van der Waals surface area contributed by atoms with Crippen LogP contribution in [0.4, 0.5) is 0 Å². The fourth-order valence-electron chi connectivity index (χ4n) is 2.26. The zero-order valence-electron chi connectivity index (χ0n) is 8.28. The van der Waals surface area contributed by atoms with Crippen LogP contribution in [-0.2, 0) is 0 Å². The molecule has 2 fully saturated rings. The van der Waals surface area contributed by atoms with Gasteiger partial charge < -0.3 is 14.9 Å². The first-order valence-electron chi connectivity index (χ1n) is 5.44. The first-order chi connectivity index (χ1) is 6.38. The summed E-state index contributed by atoms with van der Waals surface area (Å²) in [7, 11) is 0. The van der Waals surface area contributed by atoms with Crippen LogP contribution in [0.5, 0.6) is 0 Å². The van der Waals surface area contributed by atoms with Gasteiger partial charge in [0.25, 0.3) is 0 Å². The molecule has 0 atom stereocenters. The first kappa shape index (κ1) is 9.44. The Kier molecular flexibility index (Phi) is 3.19. The van der Waals surface area contributed by atoms with E-state index in [2.05, 4.69) is 9.80 Å². The molecule has 0 bridgehead atoms. The molecule has 2 aliphatic heterocycles. The second-order valence-corrected chi connectivity index (χ2v) is 4.36. The third kappa shape index (κ3) is 2.42. The first-order valence-corrected chi connectivity index (χ1v) is 5.44. The second-order valence-electron chi connectivity index (χ2n) is 4.36. The van der Waals surface area contributed by atoms with Gasteiger partial charge in [-0.25, -0.2) is 0 Å². The summed E-state index contributed by atoms with van der Waals surface area (Å²) in [5.41, 5.74) is 0. The van der Waals surface area contributed by atoms with E-state index in [-0.39, 0.29) is 0 Å². The van der Waals surface area contributed by atoms with Crippen LogP contribution in [0.15, 0.2) is 0 Å². The molecular weight excluding hydrogens is 164 g/mol. The fraction of sp³-hybridized carbons (Fsp3) is 1.00. The van der Waals surface area contributed by atoms with E-state index in [0.29, 0.717) is 12.5 Å². The molecule has 0 aliphatic carbocycles. The Bertz CT molecular complexity index is 151. The quantitative estimate of drug-likeness (QED) is 0.666. The Morgan fingerprint density at radius 2 is 1.62 bits per heavy atom. The highest BCUT2D eigenvalue weighted by molar-refractivity contribution is 4.80.